The molecule has 3 nitrogen and oxygen atoms in total. The second-order valence-corrected chi connectivity index (χ2v) is 9.27. The van der Waals surface area contributed by atoms with Crippen molar-refractivity contribution in [3.63, 3.8) is 0 Å². The van der Waals surface area contributed by atoms with Gasteiger partial charge in [-0.25, -0.2) is 0 Å². The van der Waals surface area contributed by atoms with Crippen molar-refractivity contribution in [2.45, 2.75) is 64.9 Å². The van der Waals surface area contributed by atoms with Gasteiger partial charge in [-0.15, -0.1) is 0 Å². The highest BCUT2D eigenvalue weighted by molar-refractivity contribution is 5.77. The number of carbonyl (C=O) groups excluding carboxylic acids is 1. The van der Waals surface area contributed by atoms with E-state index >= 15 is 0 Å². The molecule has 132 valence electrons. The van der Waals surface area contributed by atoms with Crippen LogP contribution in [0.15, 0.2) is 23.8 Å². The summed E-state index contributed by atoms with van der Waals surface area (Å²) in [6, 6.07) is 0. The number of hydrogen-bond acceptors (Lipinski definition) is 3. The monoisotopic (exact) mass is 330 g/mol. The quantitative estimate of drug-likeness (QED) is 0.583. The molecule has 1 spiro atoms. The lowest BCUT2D eigenvalue weighted by atomic mass is 9.44. The first-order valence-corrected chi connectivity index (χ1v) is 9.44. The van der Waals surface area contributed by atoms with Crippen molar-refractivity contribution in [2.75, 3.05) is 7.11 Å². The van der Waals surface area contributed by atoms with Gasteiger partial charge >= 0.3 is 5.97 Å². The molecule has 4 aliphatic carbocycles. The number of fused-ring (bicyclic) bond motifs is 3. The molecular weight excluding hydrogens is 300 g/mol. The highest BCUT2D eigenvalue weighted by Crippen LogP contribution is 2.70. The summed E-state index contributed by atoms with van der Waals surface area (Å²) in [5, 5.41) is 10.7. The molecule has 3 heteroatoms. The van der Waals surface area contributed by atoms with Crippen molar-refractivity contribution in [3.05, 3.63) is 23.8 Å². The van der Waals surface area contributed by atoms with Gasteiger partial charge in [0.2, 0.25) is 0 Å². The fraction of sp³-hybridized carbons (Fsp3) is 0.762. The lowest BCUT2D eigenvalue weighted by Gasteiger charge is -2.60. The zero-order valence-corrected chi connectivity index (χ0v) is 15.2. The van der Waals surface area contributed by atoms with E-state index in [0.717, 1.165) is 44.9 Å². The van der Waals surface area contributed by atoms with Crippen LogP contribution in [0.25, 0.3) is 0 Å². The number of methoxy groups -OCH3 is 1. The Labute approximate surface area is 145 Å². The van der Waals surface area contributed by atoms with Crippen LogP contribution in [-0.4, -0.2) is 24.3 Å². The normalized spacial score (nSPS) is 49.9. The summed E-state index contributed by atoms with van der Waals surface area (Å²) >= 11 is 0. The van der Waals surface area contributed by atoms with Crippen LogP contribution in [0, 0.1) is 28.1 Å². The number of ether oxygens (including phenoxy) is 1. The summed E-state index contributed by atoms with van der Waals surface area (Å²) in [6.45, 7) is 8.71. The molecule has 0 radical (unpaired) electrons. The summed E-state index contributed by atoms with van der Waals surface area (Å²) in [5.41, 5.74) is 2.45. The number of esters is 1. The molecule has 0 aromatic carbocycles. The van der Waals surface area contributed by atoms with E-state index in [0.29, 0.717) is 5.92 Å². The first kappa shape index (κ1) is 16.4. The third kappa shape index (κ3) is 1.85. The van der Waals surface area contributed by atoms with Gasteiger partial charge in [-0.2, -0.15) is 0 Å². The second kappa shape index (κ2) is 4.97. The summed E-state index contributed by atoms with van der Waals surface area (Å²) < 4.78 is 5.20. The van der Waals surface area contributed by atoms with Gasteiger partial charge in [0.25, 0.3) is 0 Å². The van der Waals surface area contributed by atoms with Gasteiger partial charge in [0, 0.05) is 5.92 Å². The highest BCUT2D eigenvalue weighted by atomic mass is 16.5. The molecular formula is C21H30O3. The summed E-state index contributed by atoms with van der Waals surface area (Å²) in [5.74, 6) is 0.491. The molecule has 24 heavy (non-hydrogen) atoms. The smallest absolute Gasteiger partial charge is 0.311 e. The molecule has 0 aliphatic heterocycles. The molecule has 3 fully saturated rings. The zero-order valence-electron chi connectivity index (χ0n) is 15.2. The molecule has 0 heterocycles. The van der Waals surface area contributed by atoms with Crippen LogP contribution >= 0.6 is 0 Å². The minimum Gasteiger partial charge on any atom is -0.469 e. The van der Waals surface area contributed by atoms with Crippen molar-refractivity contribution in [1.29, 1.82) is 0 Å². The molecule has 4 rings (SSSR count). The topological polar surface area (TPSA) is 46.5 Å². The van der Waals surface area contributed by atoms with Gasteiger partial charge in [0.15, 0.2) is 0 Å². The first-order valence-electron chi connectivity index (χ1n) is 9.44. The maximum Gasteiger partial charge on any atom is 0.311 e. The van der Waals surface area contributed by atoms with Crippen molar-refractivity contribution in [3.8, 4) is 0 Å². The van der Waals surface area contributed by atoms with Crippen LogP contribution < -0.4 is 0 Å². The molecule has 2 bridgehead atoms. The second-order valence-electron chi connectivity index (χ2n) is 9.27. The lowest BCUT2D eigenvalue weighted by molar-refractivity contribution is -0.165. The third-order valence-electron chi connectivity index (χ3n) is 8.13. The molecule has 0 aromatic rings. The van der Waals surface area contributed by atoms with Gasteiger partial charge in [0.05, 0.1) is 18.6 Å². The number of hydrogen-bond donors (Lipinski definition) is 1. The average molecular weight is 330 g/mol. The predicted octanol–water partition coefficient (Wildman–Crippen LogP) is 4.02. The fourth-order valence-electron chi connectivity index (χ4n) is 7.09. The summed E-state index contributed by atoms with van der Waals surface area (Å²) in [7, 11) is 1.51. The predicted molar refractivity (Wildman–Crippen MR) is 93.2 cm³/mol. The largest absolute Gasteiger partial charge is 0.469 e. The van der Waals surface area contributed by atoms with Crippen molar-refractivity contribution < 1.29 is 14.6 Å². The molecule has 6 atom stereocenters. The number of rotatable bonds is 1. The minimum atomic E-state index is -0.401. The van der Waals surface area contributed by atoms with Crippen LogP contribution in [0.4, 0.5) is 0 Å². The Morgan fingerprint density at radius 2 is 2.08 bits per heavy atom. The molecule has 0 aromatic heterocycles. The minimum absolute atomic E-state index is 0.00396. The molecule has 2 unspecified atom stereocenters. The van der Waals surface area contributed by atoms with Crippen molar-refractivity contribution >= 4 is 5.97 Å². The highest BCUT2D eigenvalue weighted by Gasteiger charge is 2.63. The summed E-state index contributed by atoms with van der Waals surface area (Å²) in [6.07, 6.45) is 9.11. The standard InChI is InChI=1S/C21H30O3/c1-13-11-21-9-6-16-19(2,17(21)10-15(22)14(13)12-21)7-5-8-20(16,3)18(23)24-4/h10,14-16,22H,1,5-9,11-12H2,2-4H3/t14-,15?,16?,19-,20-,21-/m0/s1. The first-order chi connectivity index (χ1) is 11.3. The van der Waals surface area contributed by atoms with E-state index in [1.807, 2.05) is 0 Å². The Morgan fingerprint density at radius 3 is 2.79 bits per heavy atom. The Bertz CT molecular complexity index is 635. The fourth-order valence-corrected chi connectivity index (χ4v) is 7.09. The van der Waals surface area contributed by atoms with E-state index in [2.05, 4.69) is 26.5 Å². The van der Waals surface area contributed by atoms with Gasteiger partial charge in [-0.1, -0.05) is 37.1 Å². The zero-order chi connectivity index (χ0) is 17.3. The molecule has 0 saturated heterocycles. The van der Waals surface area contributed by atoms with Crippen molar-refractivity contribution in [2.24, 2.45) is 28.1 Å². The Kier molecular flexibility index (Phi) is 3.39. The van der Waals surface area contributed by atoms with E-state index in [4.69, 9.17) is 4.74 Å². The van der Waals surface area contributed by atoms with Gasteiger partial charge < -0.3 is 9.84 Å². The summed E-state index contributed by atoms with van der Waals surface area (Å²) in [4.78, 5) is 12.6. The molecule has 1 N–H and O–H groups in total. The van der Waals surface area contributed by atoms with E-state index < -0.39 is 11.5 Å². The van der Waals surface area contributed by atoms with Crippen LogP contribution in [0.2, 0.25) is 0 Å². The van der Waals surface area contributed by atoms with E-state index in [-0.39, 0.29) is 22.7 Å². The maximum absolute atomic E-state index is 12.6. The van der Waals surface area contributed by atoms with Gasteiger partial charge in [0.1, 0.15) is 0 Å². The van der Waals surface area contributed by atoms with Gasteiger partial charge in [-0.3, -0.25) is 4.79 Å². The SMILES string of the molecule is C=C1C[C@]23CCC4[C@@](C)(C(=O)OC)CCC[C@]4(C)C2=CC(O)[C@H]1C3. The molecule has 0 amide bonds. The van der Waals surface area contributed by atoms with Gasteiger partial charge in [-0.05, 0) is 62.2 Å². The lowest BCUT2D eigenvalue weighted by Crippen LogP contribution is -2.55. The number of aliphatic hydroxyl groups excluding tert-OH is 1. The van der Waals surface area contributed by atoms with Crippen LogP contribution in [0.3, 0.4) is 0 Å². The third-order valence-corrected chi connectivity index (χ3v) is 8.13. The van der Waals surface area contributed by atoms with Crippen molar-refractivity contribution in [1.82, 2.24) is 0 Å². The molecule has 4 aliphatic rings. The van der Waals surface area contributed by atoms with Crippen LogP contribution in [0.1, 0.15) is 58.8 Å². The average Bonchev–Trinajstić information content (AvgIpc) is 2.82. The van der Waals surface area contributed by atoms with Crippen LogP contribution in [-0.2, 0) is 9.53 Å². The Hall–Kier alpha value is -1.09. The van der Waals surface area contributed by atoms with E-state index in [1.165, 1.54) is 18.3 Å². The maximum atomic E-state index is 12.6. The Balaban J connectivity index is 1.80. The number of aliphatic hydroxyl groups is 1. The molecule has 3 saturated carbocycles. The number of allylic oxidation sites excluding steroid dienone is 1. The Morgan fingerprint density at radius 1 is 1.33 bits per heavy atom. The number of carbonyl (C=O) groups is 1. The van der Waals surface area contributed by atoms with E-state index in [1.54, 1.807) is 0 Å². The van der Waals surface area contributed by atoms with Crippen LogP contribution in [0.5, 0.6) is 0 Å². The van der Waals surface area contributed by atoms with E-state index in [9.17, 15) is 9.90 Å².